The molecule has 1 aromatic heterocycles. The predicted octanol–water partition coefficient (Wildman–Crippen LogP) is 1.73. The highest BCUT2D eigenvalue weighted by molar-refractivity contribution is 5.20. The van der Waals surface area contributed by atoms with E-state index < -0.39 is 0 Å². The number of hydrogen-bond donors (Lipinski definition) is 0. The number of aryl methyl sites for hydroxylation is 2. The van der Waals surface area contributed by atoms with Crippen LogP contribution in [-0.4, -0.2) is 22.0 Å². The average Bonchev–Trinajstić information content (AvgIpc) is 2.95. The summed E-state index contributed by atoms with van der Waals surface area (Å²) < 4.78 is 7.74. The number of ether oxygens (including phenoxy) is 1. The fourth-order valence-corrected chi connectivity index (χ4v) is 3.30. The van der Waals surface area contributed by atoms with Crippen molar-refractivity contribution in [2.75, 3.05) is 0 Å². The Morgan fingerprint density at radius 1 is 1.65 bits per heavy atom. The predicted molar refractivity (Wildman–Crippen MR) is 62.2 cm³/mol. The van der Waals surface area contributed by atoms with Crippen molar-refractivity contribution in [2.24, 2.45) is 12.5 Å². The Kier molecular flexibility index (Phi) is 2.27. The lowest BCUT2D eigenvalue weighted by atomic mass is 9.72. The average molecular weight is 231 g/mol. The van der Waals surface area contributed by atoms with Gasteiger partial charge in [-0.1, -0.05) is 0 Å². The minimum absolute atomic E-state index is 0.132. The highest BCUT2D eigenvalue weighted by Crippen LogP contribution is 2.49. The Morgan fingerprint density at radius 2 is 2.47 bits per heavy atom. The maximum atomic E-state index is 9.54. The van der Waals surface area contributed by atoms with Gasteiger partial charge in [-0.25, -0.2) is 0 Å². The van der Waals surface area contributed by atoms with E-state index in [-0.39, 0.29) is 11.5 Å². The lowest BCUT2D eigenvalue weighted by molar-refractivity contribution is 0.0783. The molecule has 3 rings (SSSR count). The van der Waals surface area contributed by atoms with Gasteiger partial charge >= 0.3 is 0 Å². The van der Waals surface area contributed by atoms with Crippen molar-refractivity contribution in [1.82, 2.24) is 9.78 Å². The van der Waals surface area contributed by atoms with Crippen LogP contribution >= 0.6 is 0 Å². The minimum Gasteiger partial charge on any atom is -0.373 e. The first-order chi connectivity index (χ1) is 8.13. The number of aromatic nitrogens is 2. The quantitative estimate of drug-likeness (QED) is 0.779. The lowest BCUT2D eigenvalue weighted by Gasteiger charge is -2.27. The Hall–Kier alpha value is -1.34. The Morgan fingerprint density at radius 3 is 2.94 bits per heavy atom. The number of nitrogens with zero attached hydrogens (tertiary/aromatic N) is 3. The molecule has 0 radical (unpaired) electrons. The molecule has 2 bridgehead atoms. The second-order valence-corrected chi connectivity index (χ2v) is 5.37. The van der Waals surface area contributed by atoms with E-state index in [1.807, 2.05) is 18.7 Å². The van der Waals surface area contributed by atoms with Crippen molar-refractivity contribution in [2.45, 2.75) is 44.8 Å². The molecule has 4 nitrogen and oxygen atoms in total. The van der Waals surface area contributed by atoms with Crippen LogP contribution in [0.25, 0.3) is 0 Å². The first kappa shape index (κ1) is 10.8. The molecule has 0 aromatic carbocycles. The molecule has 0 amide bonds. The van der Waals surface area contributed by atoms with Crippen molar-refractivity contribution in [1.29, 1.82) is 5.26 Å². The molecule has 2 aliphatic rings. The van der Waals surface area contributed by atoms with Crippen molar-refractivity contribution in [3.63, 3.8) is 0 Å². The molecule has 90 valence electrons. The molecular weight excluding hydrogens is 214 g/mol. The largest absolute Gasteiger partial charge is 0.373 e. The molecule has 1 aromatic rings. The van der Waals surface area contributed by atoms with Gasteiger partial charge in [0, 0.05) is 19.2 Å². The topological polar surface area (TPSA) is 50.8 Å². The second-order valence-electron chi connectivity index (χ2n) is 5.37. The molecule has 3 unspecified atom stereocenters. The Balaban J connectivity index is 1.89. The lowest BCUT2D eigenvalue weighted by Crippen LogP contribution is -2.33. The van der Waals surface area contributed by atoms with E-state index in [1.54, 1.807) is 0 Å². The van der Waals surface area contributed by atoms with Gasteiger partial charge < -0.3 is 4.74 Å². The zero-order valence-corrected chi connectivity index (χ0v) is 10.3. The van der Waals surface area contributed by atoms with Crippen LogP contribution in [0.3, 0.4) is 0 Å². The van der Waals surface area contributed by atoms with Crippen LogP contribution in [0, 0.1) is 23.7 Å². The van der Waals surface area contributed by atoms with Crippen LogP contribution in [0.15, 0.2) is 6.07 Å². The zero-order chi connectivity index (χ0) is 12.0. The van der Waals surface area contributed by atoms with Gasteiger partial charge in [0.1, 0.15) is 0 Å². The van der Waals surface area contributed by atoms with Crippen LogP contribution < -0.4 is 0 Å². The molecule has 0 N–H and O–H groups in total. The summed E-state index contributed by atoms with van der Waals surface area (Å²) in [5.41, 5.74) is 1.84. The molecule has 0 aliphatic carbocycles. The molecule has 0 saturated carbocycles. The van der Waals surface area contributed by atoms with Crippen molar-refractivity contribution < 1.29 is 4.74 Å². The molecular formula is C13H17N3O. The third-order valence-corrected chi connectivity index (χ3v) is 4.13. The summed E-state index contributed by atoms with van der Waals surface area (Å²) in [5, 5.41) is 13.9. The Bertz CT molecular complexity index is 487. The normalized spacial score (nSPS) is 35.1. The zero-order valence-electron chi connectivity index (χ0n) is 10.3. The highest BCUT2D eigenvalue weighted by Gasteiger charge is 2.53. The highest BCUT2D eigenvalue weighted by atomic mass is 16.5. The van der Waals surface area contributed by atoms with Crippen molar-refractivity contribution in [3.8, 4) is 6.07 Å². The van der Waals surface area contributed by atoms with E-state index in [0.29, 0.717) is 6.10 Å². The fourth-order valence-electron chi connectivity index (χ4n) is 3.30. The van der Waals surface area contributed by atoms with Crippen molar-refractivity contribution in [3.05, 3.63) is 17.5 Å². The first-order valence-corrected chi connectivity index (χ1v) is 6.19. The standard InChI is InChI=1S/C13H17N3O/c1-9-5-10(16(2)15-9)6-13(8-14)7-11-3-4-12(13)17-11/h5,11-12H,3-4,6-7H2,1-2H3. The molecule has 0 spiro atoms. The molecule has 2 aliphatic heterocycles. The number of fused-ring (bicyclic) bond motifs is 2. The number of rotatable bonds is 2. The summed E-state index contributed by atoms with van der Waals surface area (Å²) >= 11 is 0. The molecule has 3 heterocycles. The summed E-state index contributed by atoms with van der Waals surface area (Å²) in [7, 11) is 1.95. The smallest absolute Gasteiger partial charge is 0.0914 e. The summed E-state index contributed by atoms with van der Waals surface area (Å²) in [6, 6.07) is 4.60. The monoisotopic (exact) mass is 231 g/mol. The number of nitriles is 1. The maximum absolute atomic E-state index is 9.54. The molecule has 2 fully saturated rings. The van der Waals surface area contributed by atoms with Gasteiger partial charge in [0.05, 0.1) is 29.4 Å². The van der Waals surface area contributed by atoms with Crippen LogP contribution in [-0.2, 0) is 18.2 Å². The van der Waals surface area contributed by atoms with Gasteiger partial charge in [0.2, 0.25) is 0 Å². The van der Waals surface area contributed by atoms with Gasteiger partial charge in [-0.15, -0.1) is 0 Å². The third kappa shape index (κ3) is 1.57. The van der Waals surface area contributed by atoms with Crippen LogP contribution in [0.5, 0.6) is 0 Å². The van der Waals surface area contributed by atoms with Gasteiger partial charge in [-0.3, -0.25) is 4.68 Å². The van der Waals surface area contributed by atoms with E-state index in [4.69, 9.17) is 4.74 Å². The maximum Gasteiger partial charge on any atom is 0.0914 e. The van der Waals surface area contributed by atoms with Gasteiger partial charge in [0.25, 0.3) is 0 Å². The van der Waals surface area contributed by atoms with E-state index in [2.05, 4.69) is 17.2 Å². The third-order valence-electron chi connectivity index (χ3n) is 4.13. The van der Waals surface area contributed by atoms with Crippen LogP contribution in [0.2, 0.25) is 0 Å². The van der Waals surface area contributed by atoms with Gasteiger partial charge in [-0.2, -0.15) is 10.4 Å². The minimum atomic E-state index is -0.316. The fraction of sp³-hybridized carbons (Fsp3) is 0.692. The Labute approximate surface area is 101 Å². The van der Waals surface area contributed by atoms with E-state index >= 15 is 0 Å². The number of hydrogen-bond acceptors (Lipinski definition) is 3. The molecule has 17 heavy (non-hydrogen) atoms. The first-order valence-electron chi connectivity index (χ1n) is 6.19. The molecule has 4 heteroatoms. The van der Waals surface area contributed by atoms with Crippen molar-refractivity contribution >= 4 is 0 Å². The summed E-state index contributed by atoms with van der Waals surface area (Å²) in [6.07, 6.45) is 4.26. The van der Waals surface area contributed by atoms with E-state index in [0.717, 1.165) is 37.1 Å². The SMILES string of the molecule is Cc1cc(CC2(C#N)CC3CCC2O3)n(C)n1. The van der Waals surface area contributed by atoms with E-state index in [1.165, 1.54) is 0 Å². The summed E-state index contributed by atoms with van der Waals surface area (Å²) in [6.45, 7) is 1.99. The van der Waals surface area contributed by atoms with Gasteiger partial charge in [-0.05, 0) is 32.3 Å². The van der Waals surface area contributed by atoms with E-state index in [9.17, 15) is 5.26 Å². The van der Waals surface area contributed by atoms with Crippen LogP contribution in [0.4, 0.5) is 0 Å². The van der Waals surface area contributed by atoms with Gasteiger partial charge in [0.15, 0.2) is 0 Å². The summed E-state index contributed by atoms with van der Waals surface area (Å²) in [5.74, 6) is 0. The molecule has 2 saturated heterocycles. The van der Waals surface area contributed by atoms with Crippen LogP contribution in [0.1, 0.15) is 30.7 Å². The molecule has 3 atom stereocenters. The second kappa shape index (κ2) is 3.58. The summed E-state index contributed by atoms with van der Waals surface area (Å²) in [4.78, 5) is 0.